The fraction of sp³-hybridized carbons (Fsp3) is 1.00. The third-order valence-corrected chi connectivity index (χ3v) is 2.49. The lowest BCUT2D eigenvalue weighted by Crippen LogP contribution is -2.37. The van der Waals surface area contributed by atoms with E-state index in [0.717, 1.165) is 0 Å². The molecule has 0 heterocycles. The van der Waals surface area contributed by atoms with Crippen molar-refractivity contribution in [2.24, 2.45) is 10.8 Å². The minimum atomic E-state index is -1.11. The van der Waals surface area contributed by atoms with E-state index in [1.54, 1.807) is 6.92 Å². The molecule has 0 aromatic carbocycles. The van der Waals surface area contributed by atoms with Gasteiger partial charge in [-0.15, -0.1) is 0 Å². The molecule has 7 N–H and O–H groups in total. The van der Waals surface area contributed by atoms with Crippen molar-refractivity contribution in [2.75, 3.05) is 46.2 Å². The lowest BCUT2D eigenvalue weighted by Gasteiger charge is -2.23. The summed E-state index contributed by atoms with van der Waals surface area (Å²) in [4.78, 5) is 0. The summed E-state index contributed by atoms with van der Waals surface area (Å²) >= 11 is 0. The second kappa shape index (κ2) is 9.72. The molecule has 0 rings (SSSR count). The molecule has 0 saturated heterocycles. The molecular formula is C10H24O7. The standard InChI is InChI=1S/C5H12O4.C5H12O3/c6-1-5(2-7,3-8)4-9;1-5(2-6,3-7)4-8/h6-9H,1-4H2;6-8H,2-4H2,1H3. The Hall–Kier alpha value is -0.280. The Labute approximate surface area is 101 Å². The first-order valence-corrected chi connectivity index (χ1v) is 5.19. The molecule has 0 aliphatic carbocycles. The monoisotopic (exact) mass is 256 g/mol. The molecule has 0 atom stereocenters. The Morgan fingerprint density at radius 3 is 0.765 bits per heavy atom. The van der Waals surface area contributed by atoms with Gasteiger partial charge in [0.15, 0.2) is 0 Å². The highest BCUT2D eigenvalue weighted by atomic mass is 16.3. The van der Waals surface area contributed by atoms with Crippen LogP contribution in [0.25, 0.3) is 0 Å². The lowest BCUT2D eigenvalue weighted by atomic mass is 9.93. The van der Waals surface area contributed by atoms with Crippen LogP contribution in [0.2, 0.25) is 0 Å². The van der Waals surface area contributed by atoms with Gasteiger partial charge in [0.25, 0.3) is 0 Å². The Morgan fingerprint density at radius 2 is 0.765 bits per heavy atom. The highest BCUT2D eigenvalue weighted by Gasteiger charge is 2.26. The molecule has 0 unspecified atom stereocenters. The second-order valence-electron chi connectivity index (χ2n) is 4.42. The van der Waals surface area contributed by atoms with E-state index in [1.807, 2.05) is 0 Å². The van der Waals surface area contributed by atoms with Gasteiger partial charge >= 0.3 is 0 Å². The quantitative estimate of drug-likeness (QED) is 0.256. The van der Waals surface area contributed by atoms with Crippen molar-refractivity contribution >= 4 is 0 Å². The molecule has 0 saturated carbocycles. The summed E-state index contributed by atoms with van der Waals surface area (Å²) in [5, 5.41) is 59.4. The van der Waals surface area contributed by atoms with Crippen LogP contribution in [-0.4, -0.2) is 82.0 Å². The average Bonchev–Trinajstić information content (AvgIpc) is 2.42. The van der Waals surface area contributed by atoms with Crippen molar-refractivity contribution in [3.63, 3.8) is 0 Å². The van der Waals surface area contributed by atoms with Gasteiger partial charge < -0.3 is 35.7 Å². The van der Waals surface area contributed by atoms with E-state index in [1.165, 1.54) is 0 Å². The van der Waals surface area contributed by atoms with E-state index >= 15 is 0 Å². The van der Waals surface area contributed by atoms with E-state index in [-0.39, 0.29) is 19.8 Å². The van der Waals surface area contributed by atoms with Crippen LogP contribution in [0.4, 0.5) is 0 Å². The molecule has 106 valence electrons. The molecule has 0 fully saturated rings. The van der Waals surface area contributed by atoms with Crippen molar-refractivity contribution in [3.05, 3.63) is 0 Å². The molecule has 17 heavy (non-hydrogen) atoms. The maximum atomic E-state index is 8.50. The molecule has 0 spiro atoms. The van der Waals surface area contributed by atoms with Crippen molar-refractivity contribution in [3.8, 4) is 0 Å². The number of hydrogen-bond acceptors (Lipinski definition) is 7. The molecule has 0 amide bonds. The first kappa shape index (κ1) is 19.1. The molecule has 7 nitrogen and oxygen atoms in total. The fourth-order valence-corrected chi connectivity index (χ4v) is 0.450. The molecule has 0 aromatic heterocycles. The Bertz CT molecular complexity index is 140. The van der Waals surface area contributed by atoms with Gasteiger partial charge in [-0.1, -0.05) is 6.92 Å². The van der Waals surface area contributed by atoms with E-state index in [0.29, 0.717) is 0 Å². The summed E-state index contributed by atoms with van der Waals surface area (Å²) in [6.45, 7) is -0.563. The maximum absolute atomic E-state index is 8.50. The van der Waals surface area contributed by atoms with Crippen LogP contribution in [0.5, 0.6) is 0 Å². The molecule has 0 aliphatic rings. The van der Waals surface area contributed by atoms with Crippen LogP contribution < -0.4 is 0 Å². The Balaban J connectivity index is 0. The van der Waals surface area contributed by atoms with Crippen LogP contribution >= 0.6 is 0 Å². The van der Waals surface area contributed by atoms with E-state index < -0.39 is 37.3 Å². The Morgan fingerprint density at radius 1 is 0.529 bits per heavy atom. The SMILES string of the molecule is CC(CO)(CO)CO.OCC(CO)(CO)CO. The van der Waals surface area contributed by atoms with Gasteiger partial charge in [-0.3, -0.25) is 0 Å². The molecule has 0 aromatic rings. The smallest absolute Gasteiger partial charge is 0.0627 e. The predicted molar refractivity (Wildman–Crippen MR) is 60.1 cm³/mol. The predicted octanol–water partition coefficient (Wildman–Crippen LogP) is -3.09. The van der Waals surface area contributed by atoms with Gasteiger partial charge in [0.05, 0.1) is 51.7 Å². The van der Waals surface area contributed by atoms with E-state index in [9.17, 15) is 0 Å². The molecular weight excluding hydrogens is 232 g/mol. The maximum Gasteiger partial charge on any atom is 0.0627 e. The number of aliphatic hydroxyl groups excluding tert-OH is 7. The van der Waals surface area contributed by atoms with Crippen LogP contribution in [0.3, 0.4) is 0 Å². The lowest BCUT2D eigenvalue weighted by molar-refractivity contribution is -0.0328. The number of rotatable bonds is 7. The van der Waals surface area contributed by atoms with Gasteiger partial charge in [-0.25, -0.2) is 0 Å². The zero-order valence-electron chi connectivity index (χ0n) is 10.1. The Kier molecular flexibility index (Phi) is 10.9. The van der Waals surface area contributed by atoms with E-state index in [2.05, 4.69) is 0 Å². The van der Waals surface area contributed by atoms with Gasteiger partial charge in [-0.2, -0.15) is 0 Å². The van der Waals surface area contributed by atoms with Crippen LogP contribution in [0.15, 0.2) is 0 Å². The second-order valence-corrected chi connectivity index (χ2v) is 4.42. The highest BCUT2D eigenvalue weighted by molar-refractivity contribution is 4.74. The summed E-state index contributed by atoms with van der Waals surface area (Å²) in [5.74, 6) is 0. The summed E-state index contributed by atoms with van der Waals surface area (Å²) in [6, 6.07) is 0. The van der Waals surface area contributed by atoms with Gasteiger partial charge in [0, 0.05) is 5.41 Å². The first-order valence-electron chi connectivity index (χ1n) is 5.19. The first-order chi connectivity index (χ1) is 7.92. The van der Waals surface area contributed by atoms with Crippen molar-refractivity contribution < 1.29 is 35.7 Å². The summed E-state index contributed by atoms with van der Waals surface area (Å²) in [7, 11) is 0. The molecule has 0 bridgehead atoms. The molecule has 7 heteroatoms. The minimum absolute atomic E-state index is 0.181. The van der Waals surface area contributed by atoms with Gasteiger partial charge in [0.1, 0.15) is 0 Å². The van der Waals surface area contributed by atoms with Crippen molar-refractivity contribution in [1.82, 2.24) is 0 Å². The van der Waals surface area contributed by atoms with Gasteiger partial charge in [0.2, 0.25) is 0 Å². The summed E-state index contributed by atoms with van der Waals surface area (Å²) in [5.41, 5.74) is -1.82. The van der Waals surface area contributed by atoms with Crippen molar-refractivity contribution in [1.29, 1.82) is 0 Å². The third kappa shape index (κ3) is 6.89. The zero-order valence-corrected chi connectivity index (χ0v) is 10.1. The fourth-order valence-electron chi connectivity index (χ4n) is 0.450. The normalized spacial score (nSPS) is 12.0. The van der Waals surface area contributed by atoms with Crippen LogP contribution in [0, 0.1) is 10.8 Å². The van der Waals surface area contributed by atoms with Crippen molar-refractivity contribution in [2.45, 2.75) is 6.92 Å². The topological polar surface area (TPSA) is 142 Å². The van der Waals surface area contributed by atoms with E-state index in [4.69, 9.17) is 35.7 Å². The minimum Gasteiger partial charge on any atom is -0.396 e. The zero-order chi connectivity index (χ0) is 13.9. The molecule has 0 aliphatic heterocycles. The third-order valence-electron chi connectivity index (χ3n) is 2.49. The summed E-state index contributed by atoms with van der Waals surface area (Å²) < 4.78 is 0. The highest BCUT2D eigenvalue weighted by Crippen LogP contribution is 2.12. The van der Waals surface area contributed by atoms with Crippen LogP contribution in [0.1, 0.15) is 6.92 Å². The average molecular weight is 256 g/mol. The number of aliphatic hydroxyl groups is 7. The summed E-state index contributed by atoms with van der Waals surface area (Å²) in [6.07, 6.45) is 0. The van der Waals surface area contributed by atoms with Crippen LogP contribution in [-0.2, 0) is 0 Å². The number of hydrogen-bond donors (Lipinski definition) is 7. The largest absolute Gasteiger partial charge is 0.396 e. The van der Waals surface area contributed by atoms with Gasteiger partial charge in [-0.05, 0) is 0 Å². The molecule has 0 radical (unpaired) electrons.